The zero-order valence-corrected chi connectivity index (χ0v) is 11.1. The van der Waals surface area contributed by atoms with Crippen LogP contribution in [0.4, 0.5) is 0 Å². The summed E-state index contributed by atoms with van der Waals surface area (Å²) in [4.78, 5) is 25.6. The summed E-state index contributed by atoms with van der Waals surface area (Å²) in [5.74, 6) is -0.129. The van der Waals surface area contributed by atoms with Crippen molar-refractivity contribution in [3.8, 4) is 0 Å². The van der Waals surface area contributed by atoms with Crippen molar-refractivity contribution in [3.05, 3.63) is 0 Å². The second kappa shape index (κ2) is 4.78. The van der Waals surface area contributed by atoms with Crippen molar-refractivity contribution in [3.63, 3.8) is 0 Å². The number of ether oxygens (including phenoxy) is 1. The minimum absolute atomic E-state index is 0.0379. The Morgan fingerprint density at radius 2 is 2.16 bits per heavy atom. The molecule has 0 spiro atoms. The van der Waals surface area contributed by atoms with Gasteiger partial charge in [-0.05, 0) is 25.2 Å². The predicted octanol–water partition coefficient (Wildman–Crippen LogP) is 1.13. The Labute approximate surface area is 112 Å². The molecule has 2 atom stereocenters. The highest BCUT2D eigenvalue weighted by atomic mass is 16.5. The number of fused-ring (bicyclic) bond motifs is 1. The Balaban J connectivity index is 1.68. The standard InChI is InChI=1S/C14H21NO4/c16-12(6-10-2-1-3-10)15-7-11-8-19-5-4-14(11,9-15)13(17)18/h10-11H,1-9H2,(H,17,18)/t11-,14+/m0/s1. The van der Waals surface area contributed by atoms with E-state index in [0.29, 0.717) is 45.1 Å². The minimum Gasteiger partial charge on any atom is -0.481 e. The molecule has 106 valence electrons. The third-order valence-corrected chi connectivity index (χ3v) is 5.17. The third-order valence-electron chi connectivity index (χ3n) is 5.17. The molecule has 19 heavy (non-hydrogen) atoms. The largest absolute Gasteiger partial charge is 0.481 e. The molecule has 2 aliphatic heterocycles. The van der Waals surface area contributed by atoms with Gasteiger partial charge in [0, 0.05) is 32.0 Å². The van der Waals surface area contributed by atoms with Gasteiger partial charge in [0.25, 0.3) is 0 Å². The third kappa shape index (κ3) is 2.14. The van der Waals surface area contributed by atoms with Crippen LogP contribution in [0.2, 0.25) is 0 Å². The molecular weight excluding hydrogens is 246 g/mol. The van der Waals surface area contributed by atoms with Crippen LogP contribution in [0.3, 0.4) is 0 Å². The van der Waals surface area contributed by atoms with Gasteiger partial charge in [0.05, 0.1) is 12.0 Å². The monoisotopic (exact) mass is 267 g/mol. The smallest absolute Gasteiger partial charge is 0.311 e. The van der Waals surface area contributed by atoms with Crippen molar-refractivity contribution >= 4 is 11.9 Å². The SMILES string of the molecule is O=C(CC1CCC1)N1C[C@H]2COCC[C@@]2(C(=O)O)C1. The van der Waals surface area contributed by atoms with Gasteiger partial charge in [0.1, 0.15) is 0 Å². The number of aliphatic carboxylic acids is 1. The van der Waals surface area contributed by atoms with E-state index in [-0.39, 0.29) is 11.8 Å². The van der Waals surface area contributed by atoms with Crippen molar-refractivity contribution in [1.29, 1.82) is 0 Å². The van der Waals surface area contributed by atoms with Gasteiger partial charge in [-0.1, -0.05) is 6.42 Å². The Hall–Kier alpha value is -1.10. The molecule has 3 rings (SSSR count). The van der Waals surface area contributed by atoms with E-state index in [9.17, 15) is 14.7 Å². The van der Waals surface area contributed by atoms with E-state index in [1.54, 1.807) is 4.90 Å². The lowest BCUT2D eigenvalue weighted by Gasteiger charge is -2.34. The van der Waals surface area contributed by atoms with Gasteiger partial charge >= 0.3 is 5.97 Å². The van der Waals surface area contributed by atoms with E-state index in [4.69, 9.17) is 4.74 Å². The second-order valence-corrected chi connectivity index (χ2v) is 6.26. The summed E-state index contributed by atoms with van der Waals surface area (Å²) in [5, 5.41) is 9.54. The van der Waals surface area contributed by atoms with E-state index in [0.717, 1.165) is 12.8 Å². The molecular formula is C14H21NO4. The van der Waals surface area contributed by atoms with E-state index in [2.05, 4.69) is 0 Å². The number of amides is 1. The van der Waals surface area contributed by atoms with Crippen LogP contribution >= 0.6 is 0 Å². The first-order valence-corrected chi connectivity index (χ1v) is 7.21. The van der Waals surface area contributed by atoms with Gasteiger partial charge in [-0.15, -0.1) is 0 Å². The van der Waals surface area contributed by atoms with Gasteiger partial charge in [-0.25, -0.2) is 0 Å². The molecule has 1 amide bonds. The molecule has 2 saturated heterocycles. The van der Waals surface area contributed by atoms with Gasteiger partial charge in [0.15, 0.2) is 0 Å². The van der Waals surface area contributed by atoms with E-state index >= 15 is 0 Å². The molecule has 2 heterocycles. The maximum atomic E-state index is 12.2. The summed E-state index contributed by atoms with van der Waals surface area (Å²) in [6, 6.07) is 0. The highest BCUT2D eigenvalue weighted by Crippen LogP contribution is 2.43. The Bertz CT molecular complexity index is 393. The number of carbonyl (C=O) groups excluding carboxylic acids is 1. The van der Waals surface area contributed by atoms with Gasteiger partial charge in [-0.3, -0.25) is 9.59 Å². The van der Waals surface area contributed by atoms with Crippen molar-refractivity contribution in [2.24, 2.45) is 17.3 Å². The summed E-state index contributed by atoms with van der Waals surface area (Å²) in [7, 11) is 0. The fraction of sp³-hybridized carbons (Fsp3) is 0.857. The summed E-state index contributed by atoms with van der Waals surface area (Å²) in [6.45, 7) is 1.90. The number of likely N-dealkylation sites (tertiary alicyclic amines) is 1. The molecule has 3 fully saturated rings. The normalized spacial score (nSPS) is 34.7. The maximum Gasteiger partial charge on any atom is 0.311 e. The van der Waals surface area contributed by atoms with Crippen LogP contribution in [0, 0.1) is 17.3 Å². The predicted molar refractivity (Wildman–Crippen MR) is 67.5 cm³/mol. The molecule has 0 unspecified atom stereocenters. The molecule has 0 aromatic carbocycles. The summed E-state index contributed by atoms with van der Waals surface area (Å²) in [5.41, 5.74) is -0.756. The van der Waals surface area contributed by atoms with Gasteiger partial charge in [-0.2, -0.15) is 0 Å². The summed E-state index contributed by atoms with van der Waals surface area (Å²) < 4.78 is 5.40. The lowest BCUT2D eigenvalue weighted by Crippen LogP contribution is -2.45. The Morgan fingerprint density at radius 3 is 2.74 bits per heavy atom. The summed E-state index contributed by atoms with van der Waals surface area (Å²) >= 11 is 0. The summed E-state index contributed by atoms with van der Waals surface area (Å²) in [6.07, 6.45) is 4.66. The first-order valence-electron chi connectivity index (χ1n) is 7.21. The highest BCUT2D eigenvalue weighted by molar-refractivity contribution is 5.81. The van der Waals surface area contributed by atoms with Crippen LogP contribution in [0.1, 0.15) is 32.1 Å². The molecule has 1 aliphatic carbocycles. The van der Waals surface area contributed by atoms with Crippen LogP contribution in [-0.4, -0.2) is 48.2 Å². The fourth-order valence-electron chi connectivity index (χ4n) is 3.56. The van der Waals surface area contributed by atoms with Crippen LogP contribution in [0.25, 0.3) is 0 Å². The molecule has 0 aromatic heterocycles. The maximum absolute atomic E-state index is 12.2. The Morgan fingerprint density at radius 1 is 1.37 bits per heavy atom. The first kappa shape index (κ1) is 12.9. The van der Waals surface area contributed by atoms with E-state index in [1.165, 1.54) is 6.42 Å². The quantitative estimate of drug-likeness (QED) is 0.832. The van der Waals surface area contributed by atoms with Crippen molar-refractivity contribution < 1.29 is 19.4 Å². The Kier molecular flexibility index (Phi) is 3.25. The number of rotatable bonds is 3. The number of carboxylic acids is 1. The topological polar surface area (TPSA) is 66.8 Å². The van der Waals surface area contributed by atoms with Crippen molar-refractivity contribution in [2.45, 2.75) is 32.1 Å². The molecule has 5 nitrogen and oxygen atoms in total. The zero-order chi connectivity index (χ0) is 13.5. The van der Waals surface area contributed by atoms with Crippen LogP contribution in [0.15, 0.2) is 0 Å². The van der Waals surface area contributed by atoms with Crippen molar-refractivity contribution in [1.82, 2.24) is 4.90 Å². The average molecular weight is 267 g/mol. The molecule has 5 heteroatoms. The van der Waals surface area contributed by atoms with E-state index in [1.807, 2.05) is 0 Å². The van der Waals surface area contributed by atoms with Gasteiger partial charge in [0.2, 0.25) is 5.91 Å². The van der Waals surface area contributed by atoms with Gasteiger partial charge < -0.3 is 14.7 Å². The molecule has 1 saturated carbocycles. The fourth-order valence-corrected chi connectivity index (χ4v) is 3.56. The molecule has 0 radical (unpaired) electrons. The van der Waals surface area contributed by atoms with Crippen LogP contribution in [-0.2, 0) is 14.3 Å². The lowest BCUT2D eigenvalue weighted by atomic mass is 9.74. The molecule has 3 aliphatic rings. The van der Waals surface area contributed by atoms with Crippen LogP contribution < -0.4 is 0 Å². The van der Waals surface area contributed by atoms with Crippen LogP contribution in [0.5, 0.6) is 0 Å². The number of carbonyl (C=O) groups is 2. The number of nitrogens with zero attached hydrogens (tertiary/aromatic N) is 1. The lowest BCUT2D eigenvalue weighted by molar-refractivity contribution is -0.157. The van der Waals surface area contributed by atoms with Crippen molar-refractivity contribution in [2.75, 3.05) is 26.3 Å². The molecule has 0 aromatic rings. The molecule has 0 bridgehead atoms. The average Bonchev–Trinajstić information content (AvgIpc) is 2.74. The van der Waals surface area contributed by atoms with E-state index < -0.39 is 11.4 Å². The number of hydrogen-bond donors (Lipinski definition) is 1. The minimum atomic E-state index is -0.764. The number of hydrogen-bond acceptors (Lipinski definition) is 3. The number of carboxylic acid groups (broad SMARTS) is 1. The second-order valence-electron chi connectivity index (χ2n) is 6.26. The highest BCUT2D eigenvalue weighted by Gasteiger charge is 2.54. The zero-order valence-electron chi connectivity index (χ0n) is 11.1. The first-order chi connectivity index (χ1) is 9.12. The molecule has 1 N–H and O–H groups in total.